The molecule has 0 bridgehead atoms. The van der Waals surface area contributed by atoms with Gasteiger partial charge in [0.1, 0.15) is 12.4 Å². The molecule has 4 nitrogen and oxygen atoms in total. The van der Waals surface area contributed by atoms with Gasteiger partial charge >= 0.3 is 0 Å². The van der Waals surface area contributed by atoms with Gasteiger partial charge in [-0.2, -0.15) is 0 Å². The zero-order valence-corrected chi connectivity index (χ0v) is 14.9. The van der Waals surface area contributed by atoms with Gasteiger partial charge in [-0.25, -0.2) is 0 Å². The van der Waals surface area contributed by atoms with Crippen molar-refractivity contribution in [2.45, 2.75) is 25.4 Å². The number of hydrogen-bond acceptors (Lipinski definition) is 4. The van der Waals surface area contributed by atoms with Crippen molar-refractivity contribution in [1.29, 1.82) is 0 Å². The summed E-state index contributed by atoms with van der Waals surface area (Å²) in [6.07, 6.45) is 3.13. The lowest BCUT2D eigenvalue weighted by atomic mass is 10.2. The van der Waals surface area contributed by atoms with Crippen molar-refractivity contribution in [3.8, 4) is 5.75 Å². The summed E-state index contributed by atoms with van der Waals surface area (Å²) in [6.45, 7) is 1.98. The largest absolute Gasteiger partial charge is 0.491 e. The predicted molar refractivity (Wildman–Crippen MR) is 96.3 cm³/mol. The minimum atomic E-state index is -0.0803. The first-order valence-electron chi connectivity index (χ1n) is 8.07. The molecule has 1 atom stereocenters. The molecule has 1 aliphatic rings. The molecule has 2 heterocycles. The van der Waals surface area contributed by atoms with Crippen LogP contribution in [0.2, 0.25) is 4.34 Å². The van der Waals surface area contributed by atoms with Crippen LogP contribution < -0.4 is 10.1 Å². The summed E-state index contributed by atoms with van der Waals surface area (Å²) in [5.41, 5.74) is 0.628. The first kappa shape index (κ1) is 17.3. The highest BCUT2D eigenvalue weighted by atomic mass is 35.5. The Morgan fingerprint density at radius 1 is 1.29 bits per heavy atom. The average Bonchev–Trinajstić information content (AvgIpc) is 3.25. The summed E-state index contributed by atoms with van der Waals surface area (Å²) in [7, 11) is 0. The van der Waals surface area contributed by atoms with E-state index in [4.69, 9.17) is 21.1 Å². The monoisotopic (exact) mass is 365 g/mol. The van der Waals surface area contributed by atoms with Crippen LogP contribution in [0.4, 0.5) is 0 Å². The van der Waals surface area contributed by atoms with Gasteiger partial charge in [-0.05, 0) is 55.7 Å². The normalized spacial score (nSPS) is 17.0. The maximum absolute atomic E-state index is 12.1. The summed E-state index contributed by atoms with van der Waals surface area (Å²) in [5, 5.41) is 2.92. The molecule has 2 aromatic rings. The Morgan fingerprint density at radius 2 is 2.12 bits per heavy atom. The molecule has 1 N–H and O–H groups in total. The molecule has 1 aromatic heterocycles. The van der Waals surface area contributed by atoms with Crippen molar-refractivity contribution in [3.05, 3.63) is 51.2 Å². The molecule has 1 fully saturated rings. The van der Waals surface area contributed by atoms with Gasteiger partial charge in [-0.3, -0.25) is 4.79 Å². The number of amides is 1. The van der Waals surface area contributed by atoms with Crippen LogP contribution in [0.5, 0.6) is 5.75 Å². The Morgan fingerprint density at radius 3 is 2.79 bits per heavy atom. The number of hydrogen-bond donors (Lipinski definition) is 1. The number of carbonyl (C=O) groups excluding carboxylic acids is 1. The molecule has 1 amide bonds. The van der Waals surface area contributed by atoms with Crippen LogP contribution in [-0.4, -0.2) is 31.8 Å². The quantitative estimate of drug-likeness (QED) is 0.808. The van der Waals surface area contributed by atoms with E-state index in [1.54, 1.807) is 23.5 Å². The standard InChI is InChI=1S/C18H20ClNO3S/c19-17-8-7-16(24-17)9-10-20-18(21)13-3-5-14(6-4-13)23-12-15-2-1-11-22-15/h3-8,15H,1-2,9-12H2,(H,20,21). The minimum absolute atomic E-state index is 0.0803. The highest BCUT2D eigenvalue weighted by molar-refractivity contribution is 7.16. The number of thiophene rings is 1. The fraction of sp³-hybridized carbons (Fsp3) is 0.389. The molecule has 6 heteroatoms. The van der Waals surface area contributed by atoms with Crippen molar-refractivity contribution in [1.82, 2.24) is 5.32 Å². The van der Waals surface area contributed by atoms with Crippen molar-refractivity contribution in [2.24, 2.45) is 0 Å². The molecule has 1 aliphatic heterocycles. The van der Waals surface area contributed by atoms with Gasteiger partial charge in [0.15, 0.2) is 0 Å². The third kappa shape index (κ3) is 4.97. The first-order chi connectivity index (χ1) is 11.7. The number of rotatable bonds is 7. The molecule has 3 rings (SSSR count). The highest BCUT2D eigenvalue weighted by Crippen LogP contribution is 2.21. The number of carbonyl (C=O) groups is 1. The third-order valence-corrected chi connectivity index (χ3v) is 5.15. The van der Waals surface area contributed by atoms with E-state index in [1.807, 2.05) is 24.3 Å². The van der Waals surface area contributed by atoms with E-state index < -0.39 is 0 Å². The van der Waals surface area contributed by atoms with Gasteiger partial charge in [-0.15, -0.1) is 11.3 Å². The van der Waals surface area contributed by atoms with Crippen LogP contribution in [0.25, 0.3) is 0 Å². The van der Waals surface area contributed by atoms with Crippen LogP contribution >= 0.6 is 22.9 Å². The topological polar surface area (TPSA) is 47.6 Å². The van der Waals surface area contributed by atoms with Crippen molar-refractivity contribution in [3.63, 3.8) is 0 Å². The molecule has 0 aliphatic carbocycles. The van der Waals surface area contributed by atoms with Crippen LogP contribution in [0.1, 0.15) is 28.1 Å². The Balaban J connectivity index is 1.42. The molecule has 24 heavy (non-hydrogen) atoms. The molecule has 1 unspecified atom stereocenters. The van der Waals surface area contributed by atoms with Crippen molar-refractivity contribution >= 4 is 28.8 Å². The van der Waals surface area contributed by atoms with Gasteiger partial charge in [0, 0.05) is 23.6 Å². The molecule has 128 valence electrons. The van der Waals surface area contributed by atoms with Crippen LogP contribution in [0.3, 0.4) is 0 Å². The van der Waals surface area contributed by atoms with Crippen LogP contribution in [0.15, 0.2) is 36.4 Å². The maximum Gasteiger partial charge on any atom is 0.251 e. The maximum atomic E-state index is 12.1. The van der Waals surface area contributed by atoms with E-state index in [2.05, 4.69) is 5.32 Å². The van der Waals surface area contributed by atoms with Crippen molar-refractivity contribution in [2.75, 3.05) is 19.8 Å². The van der Waals surface area contributed by atoms with E-state index >= 15 is 0 Å². The van der Waals surface area contributed by atoms with Gasteiger partial charge in [0.05, 0.1) is 10.4 Å². The van der Waals surface area contributed by atoms with Gasteiger partial charge in [0.2, 0.25) is 0 Å². The van der Waals surface area contributed by atoms with Crippen molar-refractivity contribution < 1.29 is 14.3 Å². The van der Waals surface area contributed by atoms with Gasteiger partial charge in [0.25, 0.3) is 5.91 Å². The zero-order chi connectivity index (χ0) is 16.8. The summed E-state index contributed by atoms with van der Waals surface area (Å²) < 4.78 is 12.0. The van der Waals surface area contributed by atoms with E-state index in [-0.39, 0.29) is 12.0 Å². The second-order valence-corrected chi connectivity index (χ2v) is 7.48. The number of halogens is 1. The Hall–Kier alpha value is -1.56. The third-order valence-electron chi connectivity index (χ3n) is 3.86. The molecule has 1 aromatic carbocycles. The lowest BCUT2D eigenvalue weighted by molar-refractivity contribution is 0.0679. The smallest absolute Gasteiger partial charge is 0.251 e. The number of ether oxygens (including phenoxy) is 2. The Labute approximate surface area is 150 Å². The molecular weight excluding hydrogens is 346 g/mol. The SMILES string of the molecule is O=C(NCCc1ccc(Cl)s1)c1ccc(OCC2CCCO2)cc1. The fourth-order valence-corrected chi connectivity index (χ4v) is 3.64. The molecule has 1 saturated heterocycles. The summed E-state index contributed by atoms with van der Waals surface area (Å²) >= 11 is 7.43. The molecular formula is C18H20ClNO3S. The minimum Gasteiger partial charge on any atom is -0.491 e. The Bertz CT molecular complexity index is 665. The number of benzene rings is 1. The van der Waals surface area contributed by atoms with E-state index in [0.29, 0.717) is 18.7 Å². The molecule has 0 saturated carbocycles. The number of nitrogens with one attached hydrogen (secondary N) is 1. The summed E-state index contributed by atoms with van der Waals surface area (Å²) in [4.78, 5) is 13.3. The Kier molecular flexibility index (Phi) is 6.12. The lowest BCUT2D eigenvalue weighted by Crippen LogP contribution is -2.25. The van der Waals surface area contributed by atoms with Gasteiger partial charge in [-0.1, -0.05) is 11.6 Å². The highest BCUT2D eigenvalue weighted by Gasteiger charge is 2.16. The first-order valence-corrected chi connectivity index (χ1v) is 9.27. The second kappa shape index (κ2) is 8.51. The van der Waals surface area contributed by atoms with Gasteiger partial charge < -0.3 is 14.8 Å². The van der Waals surface area contributed by atoms with E-state index in [1.165, 1.54) is 0 Å². The van der Waals surface area contributed by atoms with E-state index in [0.717, 1.165) is 40.8 Å². The zero-order valence-electron chi connectivity index (χ0n) is 13.3. The lowest BCUT2D eigenvalue weighted by Gasteiger charge is -2.11. The molecule has 0 radical (unpaired) electrons. The average molecular weight is 366 g/mol. The summed E-state index contributed by atoms with van der Waals surface area (Å²) in [5.74, 6) is 0.679. The predicted octanol–water partition coefficient (Wildman–Crippen LogP) is 3.93. The second-order valence-electron chi connectivity index (χ2n) is 5.68. The molecule has 0 spiro atoms. The van der Waals surface area contributed by atoms with Crippen LogP contribution in [0, 0.1) is 0 Å². The summed E-state index contributed by atoms with van der Waals surface area (Å²) in [6, 6.07) is 11.1. The van der Waals surface area contributed by atoms with E-state index in [9.17, 15) is 4.79 Å². The fourth-order valence-electron chi connectivity index (χ4n) is 2.55. The van der Waals surface area contributed by atoms with Crippen LogP contribution in [-0.2, 0) is 11.2 Å².